The number of aromatic nitrogens is 4. The Hall–Kier alpha value is -6.59. The quantitative estimate of drug-likeness (QED) is 0.185. The first-order chi connectivity index (χ1) is 24.3. The van der Waals surface area contributed by atoms with Crippen molar-refractivity contribution in [2.75, 3.05) is 0 Å². The zero-order valence-electron chi connectivity index (χ0n) is 26.6. The number of nitrogens with zero attached hydrogens (tertiary/aromatic N) is 5. The lowest BCUT2D eigenvalue weighted by molar-refractivity contribution is -0.137. The average Bonchev–Trinajstić information content (AvgIpc) is 3.48. The number of fused-ring (bicyclic) bond motifs is 3. The highest BCUT2D eigenvalue weighted by Crippen LogP contribution is 2.41. The Morgan fingerprint density at radius 1 is 0.560 bits per heavy atom. The fraction of sp³-hybridized carbons (Fsp3) is 0.0476. The number of aryl methyl sites for hydroxylation is 1. The highest BCUT2D eigenvalue weighted by molar-refractivity contribution is 6.10. The van der Waals surface area contributed by atoms with Crippen LogP contribution in [0.5, 0.6) is 0 Å². The van der Waals surface area contributed by atoms with Crippen molar-refractivity contribution in [2.24, 2.45) is 0 Å². The minimum Gasteiger partial charge on any atom is -0.309 e. The van der Waals surface area contributed by atoms with Gasteiger partial charge in [0.05, 0.1) is 28.2 Å². The molecule has 6 aromatic carbocycles. The second kappa shape index (κ2) is 12.1. The fourth-order valence-corrected chi connectivity index (χ4v) is 6.45. The number of hydrogen-bond acceptors (Lipinski definition) is 4. The van der Waals surface area contributed by atoms with Crippen LogP contribution in [0.25, 0.3) is 72.8 Å². The van der Waals surface area contributed by atoms with E-state index in [0.717, 1.165) is 38.6 Å². The lowest BCUT2D eigenvalue weighted by Crippen LogP contribution is -2.07. The molecule has 0 spiro atoms. The summed E-state index contributed by atoms with van der Waals surface area (Å²) in [6.45, 7) is 1.66. The van der Waals surface area contributed by atoms with E-state index >= 15 is 0 Å². The number of para-hydroxylation sites is 1. The monoisotopic (exact) mass is 657 g/mol. The van der Waals surface area contributed by atoms with Gasteiger partial charge >= 0.3 is 6.18 Å². The van der Waals surface area contributed by atoms with Gasteiger partial charge in [0.15, 0.2) is 17.5 Å². The summed E-state index contributed by atoms with van der Waals surface area (Å²) in [6.07, 6.45) is -4.50. The molecular formula is C42H26F3N5. The first-order valence-corrected chi connectivity index (χ1v) is 15.9. The van der Waals surface area contributed by atoms with Crippen LogP contribution in [0.2, 0.25) is 0 Å². The van der Waals surface area contributed by atoms with Gasteiger partial charge in [0.1, 0.15) is 0 Å². The summed E-state index contributed by atoms with van der Waals surface area (Å²) >= 11 is 0. The molecule has 0 saturated heterocycles. The maximum absolute atomic E-state index is 14.1. The second-order valence-electron chi connectivity index (χ2n) is 12.0. The van der Waals surface area contributed by atoms with Gasteiger partial charge < -0.3 is 4.57 Å². The molecule has 8 aromatic rings. The van der Waals surface area contributed by atoms with Crippen LogP contribution in [-0.2, 0) is 6.18 Å². The molecule has 8 rings (SSSR count). The molecule has 0 unspecified atom stereocenters. The summed E-state index contributed by atoms with van der Waals surface area (Å²) in [4.78, 5) is 14.5. The number of halogens is 3. The van der Waals surface area contributed by atoms with Crippen LogP contribution in [0.3, 0.4) is 0 Å². The van der Waals surface area contributed by atoms with Crippen molar-refractivity contribution in [3.8, 4) is 57.0 Å². The van der Waals surface area contributed by atoms with E-state index in [1.54, 1.807) is 25.1 Å². The zero-order chi connectivity index (χ0) is 34.4. The van der Waals surface area contributed by atoms with Crippen molar-refractivity contribution in [3.63, 3.8) is 0 Å². The summed E-state index contributed by atoms with van der Waals surface area (Å²) < 4.78 is 44.5. The molecule has 0 amide bonds. The molecule has 0 aliphatic carbocycles. The Bertz CT molecular complexity index is 2540. The minimum atomic E-state index is -4.50. The first kappa shape index (κ1) is 30.7. The average molecular weight is 658 g/mol. The van der Waals surface area contributed by atoms with Gasteiger partial charge in [0.25, 0.3) is 0 Å². The maximum Gasteiger partial charge on any atom is 0.417 e. The second-order valence-corrected chi connectivity index (χ2v) is 12.0. The van der Waals surface area contributed by atoms with Gasteiger partial charge in [-0.15, -0.1) is 0 Å². The van der Waals surface area contributed by atoms with Crippen LogP contribution >= 0.6 is 0 Å². The van der Waals surface area contributed by atoms with Gasteiger partial charge in [0, 0.05) is 33.2 Å². The van der Waals surface area contributed by atoms with Gasteiger partial charge in [-0.05, 0) is 60.5 Å². The molecule has 0 atom stereocenters. The molecule has 5 nitrogen and oxygen atoms in total. The van der Waals surface area contributed by atoms with Gasteiger partial charge in [0.2, 0.25) is 0 Å². The maximum atomic E-state index is 14.1. The molecule has 0 radical (unpaired) electrons. The van der Waals surface area contributed by atoms with E-state index in [9.17, 15) is 18.4 Å². The zero-order valence-corrected chi connectivity index (χ0v) is 26.6. The molecule has 0 saturated carbocycles. The SMILES string of the molecule is Cc1ccc(-c2ccc3c(c2)c2ccccc2n3-c2ccc(C#N)c(-c3nc(-c4ccccc4)nc(-c4ccccc4)n3)c2)c(C(F)(F)F)c1. The third kappa shape index (κ3) is 5.45. The molecule has 0 aliphatic heterocycles. The molecule has 0 bridgehead atoms. The normalized spacial score (nSPS) is 11.6. The van der Waals surface area contributed by atoms with Crippen LogP contribution < -0.4 is 0 Å². The molecule has 50 heavy (non-hydrogen) atoms. The minimum absolute atomic E-state index is 0.126. The van der Waals surface area contributed by atoms with E-state index in [2.05, 4.69) is 10.6 Å². The third-order valence-electron chi connectivity index (χ3n) is 8.79. The summed E-state index contributed by atoms with van der Waals surface area (Å²) in [5.74, 6) is 1.29. The van der Waals surface area contributed by atoms with Crippen molar-refractivity contribution in [1.29, 1.82) is 5.26 Å². The molecule has 0 fully saturated rings. The topological polar surface area (TPSA) is 67.4 Å². The van der Waals surface area contributed by atoms with E-state index in [1.807, 2.05) is 109 Å². The smallest absolute Gasteiger partial charge is 0.309 e. The summed E-state index contributed by atoms with van der Waals surface area (Å²) in [5.41, 5.74) is 5.41. The fourth-order valence-electron chi connectivity index (χ4n) is 6.45. The van der Waals surface area contributed by atoms with Crippen LogP contribution in [0.1, 0.15) is 16.7 Å². The van der Waals surface area contributed by atoms with Crippen molar-refractivity contribution >= 4 is 21.8 Å². The van der Waals surface area contributed by atoms with Crippen molar-refractivity contribution < 1.29 is 13.2 Å². The van der Waals surface area contributed by atoms with E-state index in [1.165, 1.54) is 12.1 Å². The Kier molecular flexibility index (Phi) is 7.46. The van der Waals surface area contributed by atoms with Crippen molar-refractivity contribution in [3.05, 3.63) is 156 Å². The van der Waals surface area contributed by atoms with E-state index < -0.39 is 11.7 Å². The molecule has 2 aromatic heterocycles. The molecule has 2 heterocycles. The van der Waals surface area contributed by atoms with E-state index in [0.29, 0.717) is 39.7 Å². The molecular weight excluding hydrogens is 631 g/mol. The Labute approximate surface area is 285 Å². The number of rotatable bonds is 5. The van der Waals surface area contributed by atoms with E-state index in [4.69, 9.17) is 15.0 Å². The van der Waals surface area contributed by atoms with Gasteiger partial charge in [-0.3, -0.25) is 0 Å². The van der Waals surface area contributed by atoms with Crippen LogP contribution in [0.15, 0.2) is 140 Å². The van der Waals surface area contributed by atoms with E-state index in [-0.39, 0.29) is 5.56 Å². The highest BCUT2D eigenvalue weighted by Gasteiger charge is 2.34. The van der Waals surface area contributed by atoms with Crippen molar-refractivity contribution in [2.45, 2.75) is 13.1 Å². The van der Waals surface area contributed by atoms with Gasteiger partial charge in [-0.1, -0.05) is 103 Å². The first-order valence-electron chi connectivity index (χ1n) is 15.9. The van der Waals surface area contributed by atoms with Crippen LogP contribution in [0.4, 0.5) is 13.2 Å². The molecule has 240 valence electrons. The number of alkyl halides is 3. The number of benzene rings is 6. The van der Waals surface area contributed by atoms with Crippen molar-refractivity contribution in [1.82, 2.24) is 19.5 Å². The summed E-state index contributed by atoms with van der Waals surface area (Å²) in [7, 11) is 0. The lowest BCUT2D eigenvalue weighted by Gasteiger charge is -2.15. The third-order valence-corrected chi connectivity index (χ3v) is 8.79. The number of hydrogen-bond donors (Lipinski definition) is 0. The summed E-state index contributed by atoms with van der Waals surface area (Å²) in [6, 6.07) is 44.6. The Balaban J connectivity index is 1.34. The summed E-state index contributed by atoms with van der Waals surface area (Å²) in [5, 5.41) is 11.9. The highest BCUT2D eigenvalue weighted by atomic mass is 19.4. The van der Waals surface area contributed by atoms with Gasteiger partial charge in [-0.25, -0.2) is 15.0 Å². The standard InChI is InChI=1S/C42H26F3N5/c1-26-16-20-32(36(22-26)42(43,44)45)29-18-21-38-35(23-29)33-14-8-9-15-37(33)50(38)31-19-17-30(25-46)34(24-31)41-48-39(27-10-4-2-5-11-27)47-40(49-41)28-12-6-3-7-13-28/h2-24H,1H3. The van der Waals surface area contributed by atoms with Gasteiger partial charge in [-0.2, -0.15) is 18.4 Å². The molecule has 0 N–H and O–H groups in total. The predicted octanol–water partition coefficient (Wildman–Crippen LogP) is 10.8. The van der Waals surface area contributed by atoms with Crippen LogP contribution in [-0.4, -0.2) is 19.5 Å². The number of nitriles is 1. The largest absolute Gasteiger partial charge is 0.417 e. The molecule has 8 heteroatoms. The van der Waals surface area contributed by atoms with Crippen LogP contribution in [0, 0.1) is 18.3 Å². The Morgan fingerprint density at radius 2 is 1.18 bits per heavy atom. The lowest BCUT2D eigenvalue weighted by atomic mass is 9.96. The predicted molar refractivity (Wildman–Crippen MR) is 190 cm³/mol. The Morgan fingerprint density at radius 3 is 1.84 bits per heavy atom. The molecule has 0 aliphatic rings.